The van der Waals surface area contributed by atoms with Gasteiger partial charge in [-0.1, -0.05) is 5.16 Å². The van der Waals surface area contributed by atoms with Crippen LogP contribution in [0.4, 0.5) is 4.79 Å². The van der Waals surface area contributed by atoms with E-state index in [1.165, 1.54) is 11.3 Å². The maximum atomic E-state index is 11.9. The van der Waals surface area contributed by atoms with Gasteiger partial charge in [0, 0.05) is 13.1 Å². The van der Waals surface area contributed by atoms with Crippen LogP contribution in [0.15, 0.2) is 10.9 Å². The molecule has 2 amide bonds. The third kappa shape index (κ3) is 3.01. The standard InChI is InChI=1S/C11H16N4O4/c1-11(9(16)17)3-2-4-15(6-11)10(18)12-5-8-13-7-19-14-8/h7H,2-6H2,1H3,(H,12,18)(H,16,17). The molecule has 0 saturated carbocycles. The summed E-state index contributed by atoms with van der Waals surface area (Å²) < 4.78 is 4.55. The lowest BCUT2D eigenvalue weighted by Gasteiger charge is -2.37. The quantitative estimate of drug-likeness (QED) is 0.824. The molecular weight excluding hydrogens is 252 g/mol. The topological polar surface area (TPSA) is 109 Å². The molecule has 0 bridgehead atoms. The second kappa shape index (κ2) is 5.25. The minimum Gasteiger partial charge on any atom is -0.481 e. The molecule has 8 nitrogen and oxygen atoms in total. The Morgan fingerprint density at radius 1 is 1.63 bits per heavy atom. The van der Waals surface area contributed by atoms with Crippen LogP contribution in [0.1, 0.15) is 25.6 Å². The van der Waals surface area contributed by atoms with E-state index in [0.29, 0.717) is 25.2 Å². The van der Waals surface area contributed by atoms with Gasteiger partial charge in [-0.3, -0.25) is 4.79 Å². The van der Waals surface area contributed by atoms with Gasteiger partial charge in [-0.05, 0) is 19.8 Å². The number of hydrogen-bond acceptors (Lipinski definition) is 5. The van der Waals surface area contributed by atoms with Crippen LogP contribution in [0.3, 0.4) is 0 Å². The van der Waals surface area contributed by atoms with Crippen LogP contribution in [-0.2, 0) is 11.3 Å². The zero-order chi connectivity index (χ0) is 13.9. The second-order valence-corrected chi connectivity index (χ2v) is 4.90. The number of hydrogen-bond donors (Lipinski definition) is 2. The maximum absolute atomic E-state index is 11.9. The monoisotopic (exact) mass is 268 g/mol. The van der Waals surface area contributed by atoms with Gasteiger partial charge < -0.3 is 19.8 Å². The Morgan fingerprint density at radius 2 is 2.42 bits per heavy atom. The third-order valence-electron chi connectivity index (χ3n) is 3.30. The van der Waals surface area contributed by atoms with Crippen LogP contribution >= 0.6 is 0 Å². The molecule has 1 aromatic rings. The summed E-state index contributed by atoms with van der Waals surface area (Å²) in [5.41, 5.74) is -0.873. The number of amides is 2. The molecule has 2 N–H and O–H groups in total. The van der Waals surface area contributed by atoms with Crippen molar-refractivity contribution in [2.45, 2.75) is 26.3 Å². The number of nitrogens with zero attached hydrogens (tertiary/aromatic N) is 3. The van der Waals surface area contributed by atoms with Gasteiger partial charge in [0.1, 0.15) is 0 Å². The Balaban J connectivity index is 1.90. The van der Waals surface area contributed by atoms with Crippen LogP contribution in [0.25, 0.3) is 0 Å². The molecule has 1 fully saturated rings. The van der Waals surface area contributed by atoms with Gasteiger partial charge in [-0.25, -0.2) is 4.79 Å². The number of carboxylic acid groups (broad SMARTS) is 1. The maximum Gasteiger partial charge on any atom is 0.317 e. The summed E-state index contributed by atoms with van der Waals surface area (Å²) in [6.07, 6.45) is 2.44. The van der Waals surface area contributed by atoms with Crippen LogP contribution in [-0.4, -0.2) is 45.2 Å². The van der Waals surface area contributed by atoms with E-state index in [2.05, 4.69) is 20.0 Å². The zero-order valence-electron chi connectivity index (χ0n) is 10.6. The number of likely N-dealkylation sites (tertiary alicyclic amines) is 1. The van der Waals surface area contributed by atoms with Crippen molar-refractivity contribution in [3.05, 3.63) is 12.2 Å². The number of carboxylic acids is 1. The number of aliphatic carboxylic acids is 1. The fourth-order valence-electron chi connectivity index (χ4n) is 2.12. The Kier molecular flexibility index (Phi) is 3.68. The lowest BCUT2D eigenvalue weighted by molar-refractivity contribution is -0.150. The molecule has 1 unspecified atom stereocenters. The summed E-state index contributed by atoms with van der Waals surface area (Å²) in [5.74, 6) is -0.491. The van der Waals surface area contributed by atoms with Gasteiger partial charge in [0.15, 0.2) is 5.82 Å². The highest BCUT2D eigenvalue weighted by Gasteiger charge is 2.39. The Labute approximate surface area is 109 Å². The first kappa shape index (κ1) is 13.3. The second-order valence-electron chi connectivity index (χ2n) is 4.90. The van der Waals surface area contributed by atoms with Gasteiger partial charge in [0.05, 0.1) is 12.0 Å². The number of urea groups is 1. The molecule has 8 heteroatoms. The van der Waals surface area contributed by atoms with E-state index in [0.717, 1.165) is 0 Å². The summed E-state index contributed by atoms with van der Waals surface area (Å²) >= 11 is 0. The SMILES string of the molecule is CC1(C(=O)O)CCCN(C(=O)NCc2ncon2)C1. The molecule has 1 atom stereocenters. The largest absolute Gasteiger partial charge is 0.481 e. The molecule has 0 radical (unpaired) electrons. The van der Waals surface area contributed by atoms with Gasteiger partial charge in [-0.2, -0.15) is 4.98 Å². The zero-order valence-corrected chi connectivity index (χ0v) is 10.6. The van der Waals surface area contributed by atoms with Crippen molar-refractivity contribution in [1.82, 2.24) is 20.4 Å². The third-order valence-corrected chi connectivity index (χ3v) is 3.30. The molecule has 1 aliphatic heterocycles. The van der Waals surface area contributed by atoms with Crippen LogP contribution in [0.2, 0.25) is 0 Å². The average Bonchev–Trinajstić information content (AvgIpc) is 2.89. The van der Waals surface area contributed by atoms with Crippen LogP contribution in [0, 0.1) is 5.41 Å². The fourth-order valence-corrected chi connectivity index (χ4v) is 2.12. The van der Waals surface area contributed by atoms with Gasteiger partial charge in [0.2, 0.25) is 6.39 Å². The highest BCUT2D eigenvalue weighted by atomic mass is 16.5. The van der Waals surface area contributed by atoms with Crippen molar-refractivity contribution in [1.29, 1.82) is 0 Å². The Bertz CT molecular complexity index is 461. The van der Waals surface area contributed by atoms with Crippen molar-refractivity contribution < 1.29 is 19.2 Å². The molecule has 104 valence electrons. The molecule has 0 aromatic carbocycles. The molecule has 1 aliphatic rings. The van der Waals surface area contributed by atoms with Gasteiger partial charge >= 0.3 is 12.0 Å². The molecule has 2 rings (SSSR count). The van der Waals surface area contributed by atoms with E-state index in [1.54, 1.807) is 6.92 Å². The van der Waals surface area contributed by atoms with E-state index in [-0.39, 0.29) is 19.1 Å². The first-order valence-electron chi connectivity index (χ1n) is 6.03. The minimum atomic E-state index is -0.873. The number of aromatic nitrogens is 2. The van der Waals surface area contributed by atoms with Gasteiger partial charge in [-0.15, -0.1) is 0 Å². The first-order valence-corrected chi connectivity index (χ1v) is 6.03. The smallest absolute Gasteiger partial charge is 0.317 e. The summed E-state index contributed by atoms with van der Waals surface area (Å²) in [5, 5.41) is 15.4. The molecule has 0 aliphatic carbocycles. The summed E-state index contributed by atoms with van der Waals surface area (Å²) in [4.78, 5) is 28.4. The number of nitrogens with one attached hydrogen (secondary N) is 1. The van der Waals surface area contributed by atoms with E-state index in [9.17, 15) is 14.7 Å². The predicted octanol–water partition coefficient (Wildman–Crippen LogP) is 0.466. The Morgan fingerprint density at radius 3 is 3.05 bits per heavy atom. The number of piperidine rings is 1. The van der Waals surface area contributed by atoms with E-state index < -0.39 is 11.4 Å². The van der Waals surface area contributed by atoms with E-state index >= 15 is 0 Å². The highest BCUT2D eigenvalue weighted by Crippen LogP contribution is 2.29. The minimum absolute atomic E-state index is 0.162. The molecule has 1 aromatic heterocycles. The summed E-state index contributed by atoms with van der Waals surface area (Å²) in [6, 6.07) is -0.308. The number of rotatable bonds is 3. The predicted molar refractivity (Wildman–Crippen MR) is 63.1 cm³/mol. The van der Waals surface area contributed by atoms with Crippen molar-refractivity contribution in [2.75, 3.05) is 13.1 Å². The lowest BCUT2D eigenvalue weighted by Crippen LogP contribution is -2.51. The lowest BCUT2D eigenvalue weighted by atomic mass is 9.82. The number of carbonyl (C=O) groups excluding carboxylic acids is 1. The van der Waals surface area contributed by atoms with Gasteiger partial charge in [0.25, 0.3) is 0 Å². The van der Waals surface area contributed by atoms with Crippen molar-refractivity contribution in [2.24, 2.45) is 5.41 Å². The Hall–Kier alpha value is -2.12. The summed E-state index contributed by atoms with van der Waals surface area (Å²) in [6.45, 7) is 2.59. The molecule has 1 saturated heterocycles. The number of carbonyl (C=O) groups is 2. The molecule has 2 heterocycles. The van der Waals surface area contributed by atoms with E-state index in [4.69, 9.17) is 0 Å². The molecule has 0 spiro atoms. The van der Waals surface area contributed by atoms with Crippen molar-refractivity contribution >= 4 is 12.0 Å². The average molecular weight is 268 g/mol. The summed E-state index contributed by atoms with van der Waals surface area (Å²) in [7, 11) is 0. The fraction of sp³-hybridized carbons (Fsp3) is 0.636. The molecule has 19 heavy (non-hydrogen) atoms. The van der Waals surface area contributed by atoms with Crippen molar-refractivity contribution in [3.8, 4) is 0 Å². The molecular formula is C11H16N4O4. The van der Waals surface area contributed by atoms with E-state index in [1.807, 2.05) is 0 Å². The first-order chi connectivity index (χ1) is 9.01. The normalized spacial score (nSPS) is 23.1. The van der Waals surface area contributed by atoms with Crippen LogP contribution < -0.4 is 5.32 Å². The highest BCUT2D eigenvalue weighted by molar-refractivity contribution is 5.78. The van der Waals surface area contributed by atoms with Crippen LogP contribution in [0.5, 0.6) is 0 Å². The van der Waals surface area contributed by atoms with Crippen molar-refractivity contribution in [3.63, 3.8) is 0 Å².